The molecule has 0 atom stereocenters. The van der Waals surface area contributed by atoms with Gasteiger partial charge in [0.1, 0.15) is 0 Å². The van der Waals surface area contributed by atoms with Crippen LogP contribution in [0.5, 0.6) is 0 Å². The average Bonchev–Trinajstić information content (AvgIpc) is 2.93. The van der Waals surface area contributed by atoms with E-state index in [-0.39, 0.29) is 29.9 Å². The molecule has 7 heteroatoms. The van der Waals surface area contributed by atoms with Gasteiger partial charge >= 0.3 is 0 Å². The minimum Gasteiger partial charge on any atom is -0.383 e. The fourth-order valence-electron chi connectivity index (χ4n) is 2.00. The fraction of sp³-hybridized carbons (Fsp3) is 0.846. The molecular formula is C13H27IN4O2. The van der Waals surface area contributed by atoms with Gasteiger partial charge in [0.15, 0.2) is 5.96 Å². The molecule has 0 aliphatic carbocycles. The number of carbonyl (C=O) groups is 1. The van der Waals surface area contributed by atoms with Gasteiger partial charge in [-0.15, -0.1) is 24.0 Å². The average molecular weight is 398 g/mol. The van der Waals surface area contributed by atoms with E-state index in [9.17, 15) is 4.79 Å². The Morgan fingerprint density at radius 1 is 1.30 bits per heavy atom. The SMILES string of the molecule is CCNC(=NCCOC)NCCC(=O)N1CCCC1.I. The number of guanidine groups is 1. The van der Waals surface area contributed by atoms with E-state index < -0.39 is 0 Å². The highest BCUT2D eigenvalue weighted by molar-refractivity contribution is 14.0. The van der Waals surface area contributed by atoms with Gasteiger partial charge in [-0.05, 0) is 19.8 Å². The van der Waals surface area contributed by atoms with Gasteiger partial charge in [-0.2, -0.15) is 0 Å². The molecule has 0 saturated carbocycles. The summed E-state index contributed by atoms with van der Waals surface area (Å²) in [5, 5.41) is 6.31. The molecule has 6 nitrogen and oxygen atoms in total. The number of nitrogens with one attached hydrogen (secondary N) is 2. The van der Waals surface area contributed by atoms with Crippen molar-refractivity contribution in [3.8, 4) is 0 Å². The van der Waals surface area contributed by atoms with Crippen molar-refractivity contribution in [1.29, 1.82) is 0 Å². The number of aliphatic imine (C=N–C) groups is 1. The zero-order valence-corrected chi connectivity index (χ0v) is 14.8. The van der Waals surface area contributed by atoms with Crippen molar-refractivity contribution in [1.82, 2.24) is 15.5 Å². The van der Waals surface area contributed by atoms with Crippen molar-refractivity contribution in [2.45, 2.75) is 26.2 Å². The quantitative estimate of drug-likeness (QED) is 0.289. The number of carbonyl (C=O) groups excluding carboxylic acids is 1. The van der Waals surface area contributed by atoms with Crippen molar-refractivity contribution in [3.05, 3.63) is 0 Å². The summed E-state index contributed by atoms with van der Waals surface area (Å²) in [6.45, 7) is 6.49. The number of nitrogens with zero attached hydrogens (tertiary/aromatic N) is 2. The van der Waals surface area contributed by atoms with Crippen molar-refractivity contribution < 1.29 is 9.53 Å². The number of hydrogen-bond donors (Lipinski definition) is 2. The molecule has 2 N–H and O–H groups in total. The molecule has 0 unspecified atom stereocenters. The first-order valence-electron chi connectivity index (χ1n) is 7.06. The second-order valence-corrected chi connectivity index (χ2v) is 4.52. The molecule has 1 rings (SSSR count). The number of likely N-dealkylation sites (tertiary alicyclic amines) is 1. The Balaban J connectivity index is 0.00000361. The third-order valence-electron chi connectivity index (χ3n) is 3.00. The molecule has 20 heavy (non-hydrogen) atoms. The van der Waals surface area contributed by atoms with Gasteiger partial charge in [0.2, 0.25) is 5.91 Å². The van der Waals surface area contributed by atoms with E-state index in [4.69, 9.17) is 4.74 Å². The lowest BCUT2D eigenvalue weighted by molar-refractivity contribution is -0.129. The van der Waals surface area contributed by atoms with Gasteiger partial charge < -0.3 is 20.3 Å². The highest BCUT2D eigenvalue weighted by Gasteiger charge is 2.17. The second-order valence-electron chi connectivity index (χ2n) is 4.52. The molecule has 1 fully saturated rings. The second kappa shape index (κ2) is 12.2. The topological polar surface area (TPSA) is 66.0 Å². The lowest BCUT2D eigenvalue weighted by atomic mass is 10.3. The normalized spacial score (nSPS) is 14.9. The predicted molar refractivity (Wildman–Crippen MR) is 91.7 cm³/mol. The molecule has 1 saturated heterocycles. The molecule has 1 amide bonds. The van der Waals surface area contributed by atoms with Crippen LogP contribution in [0.4, 0.5) is 0 Å². The Bertz CT molecular complexity index is 294. The van der Waals surface area contributed by atoms with Gasteiger partial charge in [0, 0.05) is 39.7 Å². The van der Waals surface area contributed by atoms with Crippen LogP contribution >= 0.6 is 24.0 Å². The van der Waals surface area contributed by atoms with E-state index in [0.717, 1.165) is 38.4 Å². The summed E-state index contributed by atoms with van der Waals surface area (Å²) >= 11 is 0. The van der Waals surface area contributed by atoms with Crippen molar-refractivity contribution >= 4 is 35.8 Å². The molecular weight excluding hydrogens is 371 g/mol. The number of ether oxygens (including phenoxy) is 1. The van der Waals surface area contributed by atoms with Crippen LogP contribution in [-0.4, -0.2) is 63.2 Å². The molecule has 118 valence electrons. The minimum absolute atomic E-state index is 0. The summed E-state index contributed by atoms with van der Waals surface area (Å²) in [4.78, 5) is 18.1. The van der Waals surface area contributed by atoms with E-state index >= 15 is 0 Å². The van der Waals surface area contributed by atoms with E-state index in [1.54, 1.807) is 7.11 Å². The van der Waals surface area contributed by atoms with Crippen LogP contribution in [0, 0.1) is 0 Å². The van der Waals surface area contributed by atoms with E-state index in [0.29, 0.717) is 26.1 Å². The Labute approximate surface area is 138 Å². The molecule has 0 radical (unpaired) electrons. The summed E-state index contributed by atoms with van der Waals surface area (Å²) < 4.78 is 4.96. The lowest BCUT2D eigenvalue weighted by Gasteiger charge is -2.16. The first kappa shape index (κ1) is 19.4. The first-order valence-corrected chi connectivity index (χ1v) is 7.06. The summed E-state index contributed by atoms with van der Waals surface area (Å²) in [5.41, 5.74) is 0. The third kappa shape index (κ3) is 7.88. The van der Waals surface area contributed by atoms with Crippen LogP contribution in [0.25, 0.3) is 0 Å². The molecule has 0 spiro atoms. The van der Waals surface area contributed by atoms with E-state index in [1.165, 1.54) is 0 Å². The largest absolute Gasteiger partial charge is 0.383 e. The molecule has 1 heterocycles. The van der Waals surface area contributed by atoms with Crippen LogP contribution in [0.1, 0.15) is 26.2 Å². The van der Waals surface area contributed by atoms with Crippen molar-refractivity contribution in [2.24, 2.45) is 4.99 Å². The number of halogens is 1. The number of rotatable bonds is 7. The van der Waals surface area contributed by atoms with E-state index in [2.05, 4.69) is 15.6 Å². The monoisotopic (exact) mass is 398 g/mol. The van der Waals surface area contributed by atoms with Crippen LogP contribution in [0.15, 0.2) is 4.99 Å². The first-order chi connectivity index (χ1) is 9.27. The van der Waals surface area contributed by atoms with Crippen LogP contribution in [0.2, 0.25) is 0 Å². The van der Waals surface area contributed by atoms with Gasteiger partial charge in [0.25, 0.3) is 0 Å². The van der Waals surface area contributed by atoms with Crippen molar-refractivity contribution in [2.75, 3.05) is 46.4 Å². The zero-order valence-electron chi connectivity index (χ0n) is 12.5. The molecule has 0 aromatic carbocycles. The maximum atomic E-state index is 11.9. The highest BCUT2D eigenvalue weighted by atomic mass is 127. The summed E-state index contributed by atoms with van der Waals surface area (Å²) in [6, 6.07) is 0. The number of hydrogen-bond acceptors (Lipinski definition) is 3. The standard InChI is InChI=1S/C13H26N4O2.HI/c1-3-14-13(16-8-11-19-2)15-7-6-12(18)17-9-4-5-10-17;/h3-11H2,1-2H3,(H2,14,15,16);1H. The smallest absolute Gasteiger partial charge is 0.224 e. The number of methoxy groups -OCH3 is 1. The molecule has 0 aromatic rings. The zero-order chi connectivity index (χ0) is 13.9. The van der Waals surface area contributed by atoms with Crippen LogP contribution in [-0.2, 0) is 9.53 Å². The fourth-order valence-corrected chi connectivity index (χ4v) is 2.00. The Kier molecular flexibility index (Phi) is 11.8. The van der Waals surface area contributed by atoms with E-state index in [1.807, 2.05) is 11.8 Å². The third-order valence-corrected chi connectivity index (χ3v) is 3.00. The van der Waals surface area contributed by atoms with Crippen LogP contribution < -0.4 is 10.6 Å². The minimum atomic E-state index is 0. The molecule has 0 aromatic heterocycles. The van der Waals surface area contributed by atoms with Crippen LogP contribution in [0.3, 0.4) is 0 Å². The molecule has 1 aliphatic rings. The van der Waals surface area contributed by atoms with Crippen molar-refractivity contribution in [3.63, 3.8) is 0 Å². The summed E-state index contributed by atoms with van der Waals surface area (Å²) in [5.74, 6) is 0.978. The predicted octanol–water partition coefficient (Wildman–Crippen LogP) is 0.818. The highest BCUT2D eigenvalue weighted by Crippen LogP contribution is 2.08. The maximum absolute atomic E-state index is 11.9. The summed E-state index contributed by atoms with van der Waals surface area (Å²) in [6.07, 6.45) is 2.80. The Hall–Kier alpha value is -0.570. The van der Waals surface area contributed by atoms with Gasteiger partial charge in [0.05, 0.1) is 13.2 Å². The Morgan fingerprint density at radius 3 is 2.60 bits per heavy atom. The van der Waals surface area contributed by atoms with Gasteiger partial charge in [-0.25, -0.2) is 0 Å². The molecule has 0 bridgehead atoms. The molecule has 1 aliphatic heterocycles. The number of amides is 1. The summed E-state index contributed by atoms with van der Waals surface area (Å²) in [7, 11) is 1.66. The Morgan fingerprint density at radius 2 is 2.00 bits per heavy atom. The van der Waals surface area contributed by atoms with Gasteiger partial charge in [-0.1, -0.05) is 0 Å². The lowest BCUT2D eigenvalue weighted by Crippen LogP contribution is -2.40. The van der Waals surface area contributed by atoms with Gasteiger partial charge in [-0.3, -0.25) is 9.79 Å². The maximum Gasteiger partial charge on any atom is 0.224 e.